The molecule has 1 aromatic carbocycles. The average Bonchev–Trinajstić information content (AvgIpc) is 2.93. The van der Waals surface area contributed by atoms with Crippen LogP contribution in [-0.2, 0) is 14.8 Å². The molecule has 9 heteroatoms. The number of ether oxygens (including phenoxy) is 1. The van der Waals surface area contributed by atoms with Gasteiger partial charge in [0.2, 0.25) is 15.9 Å². The maximum absolute atomic E-state index is 12.0. The number of primary sulfonamides is 1. The Morgan fingerprint density at radius 1 is 1.23 bits per heavy atom. The van der Waals surface area contributed by atoms with Crippen LogP contribution in [-0.4, -0.2) is 50.6 Å². The van der Waals surface area contributed by atoms with E-state index in [1.807, 2.05) is 0 Å². The van der Waals surface area contributed by atoms with Gasteiger partial charge in [0, 0.05) is 23.9 Å². The van der Waals surface area contributed by atoms with E-state index in [1.165, 1.54) is 36.7 Å². The monoisotopic (exact) mass is 399 g/mol. The Kier molecular flexibility index (Phi) is 6.44. The lowest BCUT2D eigenvalue weighted by molar-refractivity contribution is -0.119. The fourth-order valence-corrected chi connectivity index (χ4v) is 4.68. The summed E-state index contributed by atoms with van der Waals surface area (Å²) in [4.78, 5) is 12.1. The molecule has 2 fully saturated rings. The largest absolute Gasteiger partial charge is 0.493 e. The Labute approximate surface area is 158 Å². The fraction of sp³-hybridized carbons (Fsp3) is 0.588. The number of nitrogens with two attached hydrogens (primary N) is 1. The van der Waals surface area contributed by atoms with E-state index in [4.69, 9.17) is 9.88 Å². The number of thioether (sulfide) groups is 1. The standard InChI is InChI=1S/C17H25N3O4S2/c18-26(22,23)16-5-3-15(4-6-16)24-7-8-25-11-17(21)20-14-9-12-1-2-13(10-14)19-12/h3-6,12-14,19H,1-2,7-11H2,(H,20,21)(H2,18,22,23). The summed E-state index contributed by atoms with van der Waals surface area (Å²) in [6.45, 7) is 0.449. The minimum atomic E-state index is -3.68. The van der Waals surface area contributed by atoms with Gasteiger partial charge in [-0.15, -0.1) is 11.8 Å². The highest BCUT2D eigenvalue weighted by molar-refractivity contribution is 7.99. The SMILES string of the molecule is NS(=O)(=O)c1ccc(OCCSCC(=O)NC2CC3CCC(C2)N3)cc1. The number of carbonyl (C=O) groups excluding carboxylic acids is 1. The minimum absolute atomic E-state index is 0.0576. The second-order valence-electron chi connectivity index (χ2n) is 6.79. The van der Waals surface area contributed by atoms with Gasteiger partial charge in [-0.2, -0.15) is 0 Å². The van der Waals surface area contributed by atoms with E-state index in [0.29, 0.717) is 42.0 Å². The number of rotatable bonds is 8. The van der Waals surface area contributed by atoms with Gasteiger partial charge in [-0.1, -0.05) is 0 Å². The predicted octanol–water partition coefficient (Wildman–Crippen LogP) is 0.845. The van der Waals surface area contributed by atoms with Crippen LogP contribution in [0.1, 0.15) is 25.7 Å². The second kappa shape index (κ2) is 8.60. The predicted molar refractivity (Wildman–Crippen MR) is 102 cm³/mol. The summed E-state index contributed by atoms with van der Waals surface area (Å²) in [5.74, 6) is 1.76. The molecule has 2 aliphatic rings. The van der Waals surface area contributed by atoms with Crippen LogP contribution in [0.5, 0.6) is 5.75 Å². The van der Waals surface area contributed by atoms with Crippen molar-refractivity contribution in [2.75, 3.05) is 18.1 Å². The zero-order valence-corrected chi connectivity index (χ0v) is 16.2. The van der Waals surface area contributed by atoms with Crippen LogP contribution in [0.3, 0.4) is 0 Å². The van der Waals surface area contributed by atoms with Crippen LogP contribution in [0.2, 0.25) is 0 Å². The maximum Gasteiger partial charge on any atom is 0.238 e. The third-order valence-corrected chi connectivity index (χ3v) is 6.57. The number of sulfonamides is 1. The van der Waals surface area contributed by atoms with Crippen molar-refractivity contribution >= 4 is 27.7 Å². The second-order valence-corrected chi connectivity index (χ2v) is 9.46. The number of benzene rings is 1. The van der Waals surface area contributed by atoms with Gasteiger partial charge in [0.25, 0.3) is 0 Å². The highest BCUT2D eigenvalue weighted by atomic mass is 32.2. The number of fused-ring (bicyclic) bond motifs is 2. The highest BCUT2D eigenvalue weighted by Gasteiger charge is 2.33. The third kappa shape index (κ3) is 5.60. The number of carbonyl (C=O) groups is 1. The van der Waals surface area contributed by atoms with Crippen LogP contribution in [0.25, 0.3) is 0 Å². The zero-order chi connectivity index (χ0) is 18.6. The molecular formula is C17H25N3O4S2. The van der Waals surface area contributed by atoms with Crippen molar-refractivity contribution in [2.24, 2.45) is 5.14 Å². The molecule has 1 amide bonds. The number of piperidine rings is 1. The van der Waals surface area contributed by atoms with E-state index in [9.17, 15) is 13.2 Å². The number of hydrogen-bond donors (Lipinski definition) is 3. The first kappa shape index (κ1) is 19.5. The summed E-state index contributed by atoms with van der Waals surface area (Å²) < 4.78 is 27.9. The number of hydrogen-bond acceptors (Lipinski definition) is 6. The molecule has 0 aliphatic carbocycles. The van der Waals surface area contributed by atoms with Gasteiger partial charge in [0.15, 0.2) is 0 Å². The molecule has 2 heterocycles. The molecule has 2 aliphatic heterocycles. The van der Waals surface area contributed by atoms with Gasteiger partial charge in [0.1, 0.15) is 5.75 Å². The summed E-state index contributed by atoms with van der Waals surface area (Å²) in [5, 5.41) is 11.8. The zero-order valence-electron chi connectivity index (χ0n) is 14.5. The van der Waals surface area contributed by atoms with Crippen molar-refractivity contribution in [2.45, 2.75) is 48.7 Å². The van der Waals surface area contributed by atoms with E-state index < -0.39 is 10.0 Å². The first-order valence-electron chi connectivity index (χ1n) is 8.79. The summed E-state index contributed by atoms with van der Waals surface area (Å²) in [6.07, 6.45) is 4.51. The Morgan fingerprint density at radius 3 is 2.50 bits per heavy atom. The van der Waals surface area contributed by atoms with Crippen molar-refractivity contribution in [3.05, 3.63) is 24.3 Å². The molecule has 2 bridgehead atoms. The lowest BCUT2D eigenvalue weighted by Gasteiger charge is -2.29. The van der Waals surface area contributed by atoms with Crippen LogP contribution < -0.4 is 20.5 Å². The molecule has 0 saturated carbocycles. The molecule has 2 unspecified atom stereocenters. The summed E-state index contributed by atoms with van der Waals surface area (Å²) >= 11 is 1.53. The maximum atomic E-state index is 12.0. The number of nitrogens with one attached hydrogen (secondary N) is 2. The van der Waals surface area contributed by atoms with Gasteiger partial charge in [-0.05, 0) is 49.9 Å². The molecule has 0 aromatic heterocycles. The Bertz CT molecular complexity index is 712. The van der Waals surface area contributed by atoms with Crippen molar-refractivity contribution in [3.63, 3.8) is 0 Å². The molecule has 7 nitrogen and oxygen atoms in total. The lowest BCUT2D eigenvalue weighted by atomic mass is 10.00. The van der Waals surface area contributed by atoms with E-state index in [-0.39, 0.29) is 10.8 Å². The Morgan fingerprint density at radius 2 is 1.88 bits per heavy atom. The normalized spacial score (nSPS) is 25.0. The summed E-state index contributed by atoms with van der Waals surface area (Å²) in [6, 6.07) is 7.41. The van der Waals surface area contributed by atoms with Crippen LogP contribution in [0.15, 0.2) is 29.2 Å². The highest BCUT2D eigenvalue weighted by Crippen LogP contribution is 2.26. The summed E-state index contributed by atoms with van der Waals surface area (Å²) in [5.41, 5.74) is 0. The quantitative estimate of drug-likeness (QED) is 0.559. The van der Waals surface area contributed by atoms with Crippen LogP contribution in [0.4, 0.5) is 0 Å². The first-order valence-corrected chi connectivity index (χ1v) is 11.5. The van der Waals surface area contributed by atoms with Crippen molar-refractivity contribution in [3.8, 4) is 5.75 Å². The van der Waals surface area contributed by atoms with Gasteiger partial charge in [-0.3, -0.25) is 4.79 Å². The molecule has 0 spiro atoms. The molecular weight excluding hydrogens is 374 g/mol. The molecule has 4 N–H and O–H groups in total. The van der Waals surface area contributed by atoms with Crippen LogP contribution in [0, 0.1) is 0 Å². The topological polar surface area (TPSA) is 111 Å². The molecule has 144 valence electrons. The summed E-state index contributed by atoms with van der Waals surface area (Å²) in [7, 11) is -3.68. The molecule has 3 rings (SSSR count). The first-order chi connectivity index (χ1) is 12.4. The third-order valence-electron chi connectivity index (χ3n) is 4.72. The van der Waals surface area contributed by atoms with Crippen molar-refractivity contribution < 1.29 is 17.9 Å². The number of amides is 1. The lowest BCUT2D eigenvalue weighted by Crippen LogP contribution is -2.48. The molecule has 2 saturated heterocycles. The fourth-order valence-electron chi connectivity index (χ4n) is 3.55. The molecule has 1 aromatic rings. The smallest absolute Gasteiger partial charge is 0.238 e. The Hall–Kier alpha value is -1.29. The Balaban J connectivity index is 1.30. The molecule has 2 atom stereocenters. The van der Waals surface area contributed by atoms with Gasteiger partial charge < -0.3 is 15.4 Å². The van der Waals surface area contributed by atoms with Gasteiger partial charge >= 0.3 is 0 Å². The minimum Gasteiger partial charge on any atom is -0.493 e. The van der Waals surface area contributed by atoms with Gasteiger partial charge in [-0.25, -0.2) is 13.6 Å². The van der Waals surface area contributed by atoms with Crippen LogP contribution >= 0.6 is 11.8 Å². The average molecular weight is 400 g/mol. The van der Waals surface area contributed by atoms with E-state index in [1.54, 1.807) is 12.1 Å². The van der Waals surface area contributed by atoms with E-state index in [2.05, 4.69) is 10.6 Å². The van der Waals surface area contributed by atoms with E-state index >= 15 is 0 Å². The van der Waals surface area contributed by atoms with E-state index in [0.717, 1.165) is 12.8 Å². The van der Waals surface area contributed by atoms with Crippen molar-refractivity contribution in [1.29, 1.82) is 0 Å². The van der Waals surface area contributed by atoms with Crippen molar-refractivity contribution in [1.82, 2.24) is 10.6 Å². The van der Waals surface area contributed by atoms with Gasteiger partial charge in [0.05, 0.1) is 17.3 Å². The molecule has 0 radical (unpaired) electrons. The molecule has 26 heavy (non-hydrogen) atoms.